The van der Waals surface area contributed by atoms with Gasteiger partial charge < -0.3 is 4.74 Å². The third-order valence-electron chi connectivity index (χ3n) is 4.63. The maximum Gasteiger partial charge on any atom is 0.154 e. The Hall–Kier alpha value is -0.920. The second kappa shape index (κ2) is 8.21. The first-order valence-corrected chi connectivity index (χ1v) is 10.7. The average molecular weight is 544 g/mol. The van der Waals surface area contributed by atoms with Gasteiger partial charge in [0.15, 0.2) is 11.6 Å². The quantitative estimate of drug-likeness (QED) is 0.381. The van der Waals surface area contributed by atoms with Crippen LogP contribution in [0.5, 0.6) is 0 Å². The molecular weight excluding hydrogens is 521 g/mol. The van der Waals surface area contributed by atoms with E-state index in [1.54, 1.807) is 12.2 Å². The second-order valence-corrected chi connectivity index (χ2v) is 9.72. The number of nitrogens with zero attached hydrogens (tertiary/aromatic N) is 1. The molecule has 1 saturated heterocycles. The van der Waals surface area contributed by atoms with Crippen molar-refractivity contribution in [3.63, 3.8) is 0 Å². The summed E-state index contributed by atoms with van der Waals surface area (Å²) in [7, 11) is 1.63. The number of hydrogen-bond donors (Lipinski definition) is 0. The largest absolute Gasteiger partial charge is 0.374 e. The molecule has 27 heavy (non-hydrogen) atoms. The number of benzene rings is 2. The number of hydrogen-bond acceptors (Lipinski definition) is 4. The van der Waals surface area contributed by atoms with Gasteiger partial charge in [-0.2, -0.15) is 0 Å². The van der Waals surface area contributed by atoms with E-state index in [4.69, 9.17) is 9.57 Å². The lowest BCUT2D eigenvalue weighted by atomic mass is 9.85. The third-order valence-corrected chi connectivity index (χ3v) is 6.19. The van der Waals surface area contributed by atoms with Gasteiger partial charge in [-0.15, -0.1) is 0 Å². The van der Waals surface area contributed by atoms with Crippen LogP contribution in [0.3, 0.4) is 0 Å². The molecular formula is C21H23BrINO3. The summed E-state index contributed by atoms with van der Waals surface area (Å²) in [5.41, 5.74) is 1.16. The Balaban J connectivity index is 2.00. The Morgan fingerprint density at radius 2 is 2.00 bits per heavy atom. The summed E-state index contributed by atoms with van der Waals surface area (Å²) in [4.78, 5) is 17.7. The molecule has 2 atom stereocenters. The van der Waals surface area contributed by atoms with Crippen LogP contribution in [-0.4, -0.2) is 36.4 Å². The number of hydroxylamine groups is 2. The highest BCUT2D eigenvalue weighted by Gasteiger charge is 2.38. The predicted octanol–water partition coefficient (Wildman–Crippen LogP) is 5.46. The van der Waals surface area contributed by atoms with Gasteiger partial charge in [-0.25, -0.2) is 9.86 Å². The van der Waals surface area contributed by atoms with Gasteiger partial charge in [0.25, 0.3) is 0 Å². The van der Waals surface area contributed by atoms with Crippen LogP contribution in [-0.2, 0) is 14.4 Å². The highest BCUT2D eigenvalue weighted by molar-refractivity contribution is 14.1. The van der Waals surface area contributed by atoms with Crippen LogP contribution in [0.25, 0.3) is 10.8 Å². The molecule has 1 fully saturated rings. The molecule has 0 radical (unpaired) electrons. The van der Waals surface area contributed by atoms with Gasteiger partial charge >= 0.3 is 0 Å². The smallest absolute Gasteiger partial charge is 0.154 e. The maximum atomic E-state index is 11.8. The van der Waals surface area contributed by atoms with E-state index in [1.165, 1.54) is 8.96 Å². The van der Waals surface area contributed by atoms with Crippen LogP contribution in [0.15, 0.2) is 40.5 Å². The van der Waals surface area contributed by atoms with Crippen molar-refractivity contribution in [2.24, 2.45) is 0 Å². The lowest BCUT2D eigenvalue weighted by molar-refractivity contribution is -0.224. The van der Waals surface area contributed by atoms with Gasteiger partial charge in [0.05, 0.1) is 5.60 Å². The molecule has 1 aliphatic heterocycles. The molecule has 0 aliphatic carbocycles. The van der Waals surface area contributed by atoms with E-state index in [0.29, 0.717) is 12.2 Å². The van der Waals surface area contributed by atoms with Crippen molar-refractivity contribution in [3.05, 3.63) is 49.6 Å². The van der Waals surface area contributed by atoms with Crippen molar-refractivity contribution >= 4 is 55.2 Å². The summed E-state index contributed by atoms with van der Waals surface area (Å²) in [6, 6.07) is 10.6. The molecule has 2 aromatic carbocycles. The monoisotopic (exact) mass is 543 g/mol. The van der Waals surface area contributed by atoms with E-state index in [0.717, 1.165) is 21.8 Å². The molecule has 1 aliphatic rings. The van der Waals surface area contributed by atoms with E-state index < -0.39 is 11.7 Å². The zero-order valence-electron chi connectivity index (χ0n) is 15.9. The zero-order chi connectivity index (χ0) is 19.8. The highest BCUT2D eigenvalue weighted by Crippen LogP contribution is 2.41. The Bertz CT molecular complexity index is 902. The molecule has 2 aromatic rings. The van der Waals surface area contributed by atoms with Gasteiger partial charge in [0, 0.05) is 27.6 Å². The first kappa shape index (κ1) is 20.8. The van der Waals surface area contributed by atoms with E-state index in [2.05, 4.69) is 74.8 Å². The van der Waals surface area contributed by atoms with Gasteiger partial charge in [0.1, 0.15) is 6.10 Å². The summed E-state index contributed by atoms with van der Waals surface area (Å²) < 4.78 is 8.01. The summed E-state index contributed by atoms with van der Waals surface area (Å²) >= 11 is 6.11. The molecule has 144 valence electrons. The molecule has 0 N–H and O–H groups in total. The Morgan fingerprint density at radius 1 is 1.26 bits per heavy atom. The third kappa shape index (κ3) is 4.40. The SMILES string of the molecule is COC1C(=C=O)N(OC(C)(C)C)CCC1c1ccc2cc(I)ccc2c1Br. The predicted molar refractivity (Wildman–Crippen MR) is 119 cm³/mol. The summed E-state index contributed by atoms with van der Waals surface area (Å²) in [5, 5.41) is 3.99. The molecule has 0 spiro atoms. The van der Waals surface area contributed by atoms with E-state index in [-0.39, 0.29) is 5.92 Å². The van der Waals surface area contributed by atoms with Crippen molar-refractivity contribution in [2.45, 2.75) is 44.8 Å². The van der Waals surface area contributed by atoms with Crippen molar-refractivity contribution < 1.29 is 14.4 Å². The summed E-state index contributed by atoms with van der Waals surface area (Å²) in [5.74, 6) is 2.11. The fourth-order valence-electron chi connectivity index (χ4n) is 3.56. The molecule has 0 amide bonds. The lowest BCUT2D eigenvalue weighted by Gasteiger charge is -2.41. The molecule has 1 heterocycles. The first-order chi connectivity index (χ1) is 12.7. The molecule has 0 bridgehead atoms. The van der Waals surface area contributed by atoms with Crippen LogP contribution < -0.4 is 0 Å². The zero-order valence-corrected chi connectivity index (χ0v) is 19.6. The van der Waals surface area contributed by atoms with Crippen molar-refractivity contribution in [1.29, 1.82) is 0 Å². The Morgan fingerprint density at radius 3 is 2.63 bits per heavy atom. The molecule has 0 saturated carbocycles. The molecule has 0 aromatic heterocycles. The van der Waals surface area contributed by atoms with Crippen LogP contribution in [0.2, 0.25) is 0 Å². The first-order valence-electron chi connectivity index (χ1n) is 8.87. The molecule has 3 rings (SSSR count). The number of ether oxygens (including phenoxy) is 1. The summed E-state index contributed by atoms with van der Waals surface area (Å²) in [6.07, 6.45) is 0.407. The number of methoxy groups -OCH3 is 1. The van der Waals surface area contributed by atoms with Crippen molar-refractivity contribution in [3.8, 4) is 0 Å². The second-order valence-electron chi connectivity index (χ2n) is 7.68. The fraction of sp³-hybridized carbons (Fsp3) is 0.429. The minimum absolute atomic E-state index is 0.0457. The lowest BCUT2D eigenvalue weighted by Crippen LogP contribution is -2.45. The van der Waals surface area contributed by atoms with Crippen LogP contribution >= 0.6 is 38.5 Å². The number of piperidine rings is 1. The maximum absolute atomic E-state index is 11.8. The number of carbonyl (C=O) groups excluding carboxylic acids is 1. The minimum Gasteiger partial charge on any atom is -0.374 e. The number of halogens is 2. The van der Waals surface area contributed by atoms with Crippen molar-refractivity contribution in [2.75, 3.05) is 13.7 Å². The van der Waals surface area contributed by atoms with Gasteiger partial charge in [-0.1, -0.05) is 18.2 Å². The minimum atomic E-state index is -0.406. The van der Waals surface area contributed by atoms with Gasteiger partial charge in [0.2, 0.25) is 0 Å². The van der Waals surface area contributed by atoms with E-state index >= 15 is 0 Å². The standard InChI is InChI=1S/C21H23BrINO3/c1-21(2,3)27-24-10-9-17(20(26-4)18(24)12-25)16-7-5-13-11-14(23)6-8-15(13)19(16)22/h5-8,11,17,20H,9-10H2,1-4H3. The topological polar surface area (TPSA) is 38.8 Å². The van der Waals surface area contributed by atoms with Crippen LogP contribution in [0.4, 0.5) is 0 Å². The Kier molecular flexibility index (Phi) is 6.33. The van der Waals surface area contributed by atoms with Crippen LogP contribution in [0.1, 0.15) is 38.7 Å². The normalized spacial score (nSPS) is 20.8. The van der Waals surface area contributed by atoms with Crippen LogP contribution in [0, 0.1) is 3.57 Å². The molecule has 4 nitrogen and oxygen atoms in total. The number of fused-ring (bicyclic) bond motifs is 1. The van der Waals surface area contributed by atoms with Crippen molar-refractivity contribution in [1.82, 2.24) is 5.06 Å². The number of rotatable bonds is 3. The molecule has 6 heteroatoms. The average Bonchev–Trinajstić information content (AvgIpc) is 2.60. The molecule has 2 unspecified atom stereocenters. The van der Waals surface area contributed by atoms with Gasteiger partial charge in [-0.3, -0.25) is 4.84 Å². The van der Waals surface area contributed by atoms with E-state index in [1.807, 2.05) is 20.8 Å². The van der Waals surface area contributed by atoms with Gasteiger partial charge in [-0.05, 0) is 94.2 Å². The van der Waals surface area contributed by atoms with E-state index in [9.17, 15) is 4.79 Å². The fourth-order valence-corrected chi connectivity index (χ4v) is 4.86. The Labute approximate surface area is 182 Å². The highest BCUT2D eigenvalue weighted by atomic mass is 127. The summed E-state index contributed by atoms with van der Waals surface area (Å²) in [6.45, 7) is 6.50.